The number of nitrogens with one attached hydrogen (secondary N) is 1. The van der Waals surface area contributed by atoms with E-state index in [0.29, 0.717) is 38.1 Å². The number of methoxy groups -OCH3 is 1. The largest absolute Gasteiger partial charge is 0.497 e. The summed E-state index contributed by atoms with van der Waals surface area (Å²) in [5.41, 5.74) is 7.43. The van der Waals surface area contributed by atoms with Crippen LogP contribution in [0.1, 0.15) is 47.9 Å². The molecule has 3 heterocycles. The van der Waals surface area contributed by atoms with E-state index < -0.39 is 16.3 Å². The molecule has 1 aliphatic carbocycles. The van der Waals surface area contributed by atoms with Gasteiger partial charge in [0.2, 0.25) is 16.3 Å². The highest BCUT2D eigenvalue weighted by atomic mass is 32.2. The lowest BCUT2D eigenvalue weighted by molar-refractivity contribution is -0.153. The second-order valence-electron chi connectivity index (χ2n) is 14.1. The number of allylic oxidation sites excluding steroid dienone is 1. The van der Waals surface area contributed by atoms with Crippen molar-refractivity contribution in [2.45, 2.75) is 48.8 Å². The standard InChI is InChI=1S/C42H44N4O8S/c1-52-31-13-15-32(16-14-31)55(50,51)45(21-23-47)22-24-53-40-27-29(34-9-6-10-35-33-8-3-2-7-28(33)25-36(34)35)26-39(54-40)41(48)44-19-17-30(18-20-44)46-38-12-5-4-11-37(38)43-42(46)49/h2-16,26,29-30,40,47H,17-25,27H2,1H3,(H,43,49)/t29-,40+/m0/s1. The molecule has 1 saturated heterocycles. The maximum absolute atomic E-state index is 14.2. The molecule has 0 spiro atoms. The molecule has 3 aliphatic rings. The average molecular weight is 765 g/mol. The van der Waals surface area contributed by atoms with Gasteiger partial charge in [0.05, 0.1) is 36.3 Å². The first-order chi connectivity index (χ1) is 26.7. The Labute approximate surface area is 319 Å². The number of nitrogens with zero attached hydrogens (tertiary/aromatic N) is 3. The molecule has 2 N–H and O–H groups in total. The zero-order valence-corrected chi connectivity index (χ0v) is 31.4. The summed E-state index contributed by atoms with van der Waals surface area (Å²) in [6.07, 6.45) is 3.48. The van der Waals surface area contributed by atoms with Crippen molar-refractivity contribution in [3.05, 3.63) is 130 Å². The summed E-state index contributed by atoms with van der Waals surface area (Å²) in [5.74, 6) is 0.263. The van der Waals surface area contributed by atoms with Gasteiger partial charge < -0.3 is 29.2 Å². The monoisotopic (exact) mass is 764 g/mol. The summed E-state index contributed by atoms with van der Waals surface area (Å²) < 4.78 is 47.8. The quantitative estimate of drug-likeness (QED) is 0.174. The summed E-state index contributed by atoms with van der Waals surface area (Å²) in [5, 5.41) is 9.77. The Bertz CT molecular complexity index is 2400. The molecule has 55 heavy (non-hydrogen) atoms. The summed E-state index contributed by atoms with van der Waals surface area (Å²) in [6, 6.07) is 28.3. The van der Waals surface area contributed by atoms with Gasteiger partial charge >= 0.3 is 5.69 Å². The number of hydrogen-bond donors (Lipinski definition) is 2. The minimum absolute atomic E-state index is 0.0304. The highest BCUT2D eigenvalue weighted by Gasteiger charge is 2.35. The number of benzene rings is 4. The van der Waals surface area contributed by atoms with Crippen LogP contribution in [-0.4, -0.2) is 91.0 Å². The van der Waals surface area contributed by atoms with E-state index >= 15 is 0 Å². The molecule has 5 aromatic rings. The number of amides is 1. The smallest absolute Gasteiger partial charge is 0.326 e. The summed E-state index contributed by atoms with van der Waals surface area (Å²) in [6.45, 7) is 0.336. The van der Waals surface area contributed by atoms with E-state index in [0.717, 1.165) is 23.0 Å². The Morgan fingerprint density at radius 2 is 1.69 bits per heavy atom. The van der Waals surface area contributed by atoms with Gasteiger partial charge in [0.25, 0.3) is 5.91 Å². The van der Waals surface area contributed by atoms with Gasteiger partial charge in [-0.3, -0.25) is 9.36 Å². The number of H-pyrrole nitrogens is 1. The van der Waals surface area contributed by atoms with E-state index in [1.807, 2.05) is 48.5 Å². The molecule has 286 valence electrons. The van der Waals surface area contributed by atoms with Crippen LogP contribution in [0.5, 0.6) is 5.75 Å². The van der Waals surface area contributed by atoms with Crippen molar-refractivity contribution in [3.8, 4) is 16.9 Å². The maximum atomic E-state index is 14.2. The first kappa shape index (κ1) is 36.8. The zero-order valence-electron chi connectivity index (χ0n) is 30.6. The number of carbonyl (C=O) groups is 1. The van der Waals surface area contributed by atoms with E-state index in [1.54, 1.807) is 21.6 Å². The minimum Gasteiger partial charge on any atom is -0.497 e. The number of imidazole rings is 1. The molecule has 2 aliphatic heterocycles. The first-order valence-corrected chi connectivity index (χ1v) is 20.1. The molecule has 12 nitrogen and oxygen atoms in total. The van der Waals surface area contributed by atoms with E-state index in [9.17, 15) is 23.1 Å². The van der Waals surface area contributed by atoms with Gasteiger partial charge in [0.15, 0.2) is 5.76 Å². The van der Waals surface area contributed by atoms with Gasteiger partial charge in [-0.2, -0.15) is 4.31 Å². The number of carbonyl (C=O) groups excluding carboxylic acids is 1. The number of aliphatic hydroxyl groups excluding tert-OH is 1. The maximum Gasteiger partial charge on any atom is 0.326 e. The highest BCUT2D eigenvalue weighted by Crippen LogP contribution is 2.43. The molecule has 8 rings (SSSR count). The van der Waals surface area contributed by atoms with E-state index in [1.165, 1.54) is 45.8 Å². The molecule has 1 amide bonds. The van der Waals surface area contributed by atoms with Gasteiger partial charge in [-0.1, -0.05) is 54.6 Å². The van der Waals surface area contributed by atoms with Crippen molar-refractivity contribution >= 4 is 27.0 Å². The second-order valence-corrected chi connectivity index (χ2v) is 16.1. The topological polar surface area (TPSA) is 143 Å². The van der Waals surface area contributed by atoms with Crippen LogP contribution in [0.2, 0.25) is 0 Å². The number of ether oxygens (including phenoxy) is 3. The minimum atomic E-state index is -3.95. The fraction of sp³-hybridized carbons (Fsp3) is 0.333. The summed E-state index contributed by atoms with van der Waals surface area (Å²) in [4.78, 5) is 31.9. The molecule has 1 aromatic heterocycles. The fourth-order valence-electron chi connectivity index (χ4n) is 8.22. The van der Waals surface area contributed by atoms with Crippen molar-refractivity contribution in [2.24, 2.45) is 0 Å². The number of aromatic amines is 1. The van der Waals surface area contributed by atoms with Crippen LogP contribution in [0, 0.1) is 0 Å². The van der Waals surface area contributed by atoms with Gasteiger partial charge in [-0.05, 0) is 89.6 Å². The third-order valence-electron chi connectivity index (χ3n) is 11.0. The molecular formula is C42H44N4O8S. The normalized spacial score (nSPS) is 18.5. The Hall–Kier alpha value is -5.21. The molecule has 2 atom stereocenters. The van der Waals surface area contributed by atoms with Crippen LogP contribution in [0.15, 0.2) is 113 Å². The average Bonchev–Trinajstić information content (AvgIpc) is 3.77. The Balaban J connectivity index is 1.02. The highest BCUT2D eigenvalue weighted by molar-refractivity contribution is 7.89. The zero-order chi connectivity index (χ0) is 38.1. The van der Waals surface area contributed by atoms with Gasteiger partial charge in [-0.15, -0.1) is 0 Å². The summed E-state index contributed by atoms with van der Waals surface area (Å²) in [7, 11) is -2.44. The molecule has 0 unspecified atom stereocenters. The van der Waals surface area contributed by atoms with E-state index in [-0.39, 0.29) is 60.5 Å². The molecule has 0 radical (unpaired) electrons. The van der Waals surface area contributed by atoms with Crippen LogP contribution in [0.4, 0.5) is 0 Å². The number of hydrogen-bond acceptors (Lipinski definition) is 8. The lowest BCUT2D eigenvalue weighted by Gasteiger charge is -2.35. The number of aromatic nitrogens is 2. The van der Waals surface area contributed by atoms with Crippen molar-refractivity contribution in [3.63, 3.8) is 0 Å². The SMILES string of the molecule is COc1ccc(S(=O)(=O)N(CCO)CCO[C@H]2C[C@@H](c3cccc4c3Cc3ccccc3-4)C=C(C(=O)N3CCC(n4c(=O)[nH]c5ccccc54)CC3)O2)cc1. The van der Waals surface area contributed by atoms with Crippen molar-refractivity contribution in [1.82, 2.24) is 18.8 Å². The van der Waals surface area contributed by atoms with Crippen LogP contribution in [0.25, 0.3) is 22.2 Å². The molecular weight excluding hydrogens is 721 g/mol. The van der Waals surface area contributed by atoms with Gasteiger partial charge in [0, 0.05) is 44.6 Å². The molecule has 0 saturated carbocycles. The Morgan fingerprint density at radius 3 is 2.47 bits per heavy atom. The predicted octanol–water partition coefficient (Wildman–Crippen LogP) is 5.19. The number of rotatable bonds is 12. The van der Waals surface area contributed by atoms with Gasteiger partial charge in [-0.25, -0.2) is 13.2 Å². The fourth-order valence-corrected chi connectivity index (χ4v) is 9.64. The van der Waals surface area contributed by atoms with E-state index in [4.69, 9.17) is 14.2 Å². The van der Waals surface area contributed by atoms with Crippen LogP contribution >= 0.6 is 0 Å². The van der Waals surface area contributed by atoms with Crippen molar-refractivity contribution in [1.29, 1.82) is 0 Å². The lowest BCUT2D eigenvalue weighted by Crippen LogP contribution is -2.43. The van der Waals surface area contributed by atoms with Gasteiger partial charge in [0.1, 0.15) is 5.75 Å². The molecule has 13 heteroatoms. The third kappa shape index (κ3) is 7.20. The first-order valence-electron chi connectivity index (χ1n) is 18.7. The number of para-hydroxylation sites is 2. The van der Waals surface area contributed by atoms with Crippen LogP contribution in [-0.2, 0) is 30.7 Å². The third-order valence-corrected chi connectivity index (χ3v) is 12.9. The van der Waals surface area contributed by atoms with Crippen LogP contribution in [0.3, 0.4) is 0 Å². The Morgan fingerprint density at radius 1 is 0.945 bits per heavy atom. The van der Waals surface area contributed by atoms with Crippen LogP contribution < -0.4 is 10.4 Å². The van der Waals surface area contributed by atoms with Crippen molar-refractivity contribution in [2.75, 3.05) is 46.5 Å². The number of aliphatic hydroxyl groups is 1. The second kappa shape index (κ2) is 15.5. The lowest BCUT2D eigenvalue weighted by atomic mass is 9.87. The summed E-state index contributed by atoms with van der Waals surface area (Å²) >= 11 is 0. The van der Waals surface area contributed by atoms with E-state index in [2.05, 4.69) is 29.2 Å². The predicted molar refractivity (Wildman–Crippen MR) is 207 cm³/mol. The van der Waals surface area contributed by atoms with Crippen molar-refractivity contribution < 1.29 is 32.5 Å². The number of likely N-dealkylation sites (tertiary alicyclic amines) is 1. The molecule has 4 aromatic carbocycles. The number of piperidine rings is 1. The Kier molecular flexibility index (Phi) is 10.4. The number of sulfonamides is 1. The number of fused-ring (bicyclic) bond motifs is 4. The molecule has 1 fully saturated rings. The molecule has 0 bridgehead atoms.